The number of carbonyl (C=O) groups is 2. The summed E-state index contributed by atoms with van der Waals surface area (Å²) in [5, 5.41) is 3.67. The lowest BCUT2D eigenvalue weighted by molar-refractivity contribution is -0.117. The minimum atomic E-state index is -0.301. The van der Waals surface area contributed by atoms with Crippen molar-refractivity contribution >= 4 is 28.2 Å². The first kappa shape index (κ1) is 17.4. The van der Waals surface area contributed by atoms with E-state index < -0.39 is 0 Å². The van der Waals surface area contributed by atoms with Crippen LogP contribution in [0, 0.1) is 0 Å². The summed E-state index contributed by atoms with van der Waals surface area (Å²) in [7, 11) is 0. The molecule has 1 fully saturated rings. The topological polar surface area (TPSA) is 58.6 Å². The number of anilines is 1. The molecule has 1 amide bonds. The third-order valence-corrected chi connectivity index (χ3v) is 5.93. The van der Waals surface area contributed by atoms with Gasteiger partial charge in [0.25, 0.3) is 0 Å². The van der Waals surface area contributed by atoms with Gasteiger partial charge in [-0.15, -0.1) is 11.3 Å². The van der Waals surface area contributed by atoms with Gasteiger partial charge in [0.15, 0.2) is 0 Å². The Labute approximate surface area is 147 Å². The highest BCUT2D eigenvalue weighted by Crippen LogP contribution is 2.38. The van der Waals surface area contributed by atoms with Crippen LogP contribution in [0.1, 0.15) is 59.8 Å². The largest absolute Gasteiger partial charge is 0.462 e. The van der Waals surface area contributed by atoms with Crippen LogP contribution in [0.15, 0.2) is 0 Å². The maximum Gasteiger partial charge on any atom is 0.341 e. The van der Waals surface area contributed by atoms with Gasteiger partial charge in [-0.2, -0.15) is 0 Å². The zero-order valence-corrected chi connectivity index (χ0v) is 15.2. The summed E-state index contributed by atoms with van der Waals surface area (Å²) in [6, 6.07) is 0. The van der Waals surface area contributed by atoms with Crippen LogP contribution < -0.4 is 5.32 Å². The second-order valence-corrected chi connectivity index (χ2v) is 7.63. The van der Waals surface area contributed by atoms with Crippen LogP contribution in [0.25, 0.3) is 0 Å². The van der Waals surface area contributed by atoms with Gasteiger partial charge in [0.2, 0.25) is 5.91 Å². The van der Waals surface area contributed by atoms with Gasteiger partial charge in [0, 0.05) is 4.88 Å². The lowest BCUT2D eigenvalue weighted by atomic mass is 9.95. The SMILES string of the molecule is CCOC(=O)c1c(NC(=O)CN2CCCCC2)sc2c1CCCC2. The molecule has 2 heterocycles. The van der Waals surface area contributed by atoms with E-state index in [1.54, 1.807) is 11.3 Å². The van der Waals surface area contributed by atoms with Crippen molar-refractivity contribution in [2.45, 2.75) is 51.9 Å². The van der Waals surface area contributed by atoms with Crippen LogP contribution >= 0.6 is 11.3 Å². The van der Waals surface area contributed by atoms with Gasteiger partial charge in [-0.25, -0.2) is 4.79 Å². The predicted octanol–water partition coefficient (Wildman–Crippen LogP) is 3.23. The molecular weight excluding hydrogens is 324 g/mol. The van der Waals surface area contributed by atoms with E-state index in [0.29, 0.717) is 23.7 Å². The quantitative estimate of drug-likeness (QED) is 0.829. The number of hydrogen-bond donors (Lipinski definition) is 1. The maximum absolute atomic E-state index is 12.4. The molecule has 0 aromatic carbocycles. The molecule has 0 radical (unpaired) electrons. The number of thiophene rings is 1. The number of carbonyl (C=O) groups excluding carboxylic acids is 2. The fourth-order valence-corrected chi connectivity index (χ4v) is 4.85. The van der Waals surface area contributed by atoms with Gasteiger partial charge >= 0.3 is 5.97 Å². The number of likely N-dealkylation sites (tertiary alicyclic amines) is 1. The summed E-state index contributed by atoms with van der Waals surface area (Å²) in [5.74, 6) is -0.328. The molecule has 1 N–H and O–H groups in total. The van der Waals surface area contributed by atoms with Crippen molar-refractivity contribution in [3.8, 4) is 0 Å². The number of fused-ring (bicyclic) bond motifs is 1. The predicted molar refractivity (Wildman–Crippen MR) is 95.8 cm³/mol. The highest BCUT2D eigenvalue weighted by Gasteiger charge is 2.27. The normalized spacial score (nSPS) is 18.0. The number of piperidine rings is 1. The van der Waals surface area contributed by atoms with Gasteiger partial charge < -0.3 is 10.1 Å². The molecule has 6 heteroatoms. The van der Waals surface area contributed by atoms with Crippen LogP contribution in [0.2, 0.25) is 0 Å². The molecule has 0 atom stereocenters. The van der Waals surface area contributed by atoms with E-state index in [9.17, 15) is 9.59 Å². The Balaban J connectivity index is 1.75. The summed E-state index contributed by atoms with van der Waals surface area (Å²) in [4.78, 5) is 28.2. The van der Waals surface area contributed by atoms with Crippen molar-refractivity contribution in [1.82, 2.24) is 4.90 Å². The van der Waals surface area contributed by atoms with Gasteiger partial charge in [-0.05, 0) is 64.1 Å². The average Bonchev–Trinajstić information content (AvgIpc) is 2.93. The number of aryl methyl sites for hydroxylation is 1. The summed E-state index contributed by atoms with van der Waals surface area (Å²) < 4.78 is 5.23. The molecule has 0 spiro atoms. The van der Waals surface area contributed by atoms with Crippen molar-refractivity contribution in [3.63, 3.8) is 0 Å². The number of ether oxygens (including phenoxy) is 1. The van der Waals surface area contributed by atoms with Gasteiger partial charge in [0.1, 0.15) is 5.00 Å². The molecule has 0 bridgehead atoms. The molecule has 2 aliphatic rings. The Hall–Kier alpha value is -1.40. The zero-order chi connectivity index (χ0) is 16.9. The first-order valence-corrected chi connectivity index (χ1v) is 9.84. The van der Waals surface area contributed by atoms with Crippen LogP contribution in [0.3, 0.4) is 0 Å². The number of esters is 1. The smallest absolute Gasteiger partial charge is 0.341 e. The van der Waals surface area contributed by atoms with Crippen molar-refractivity contribution < 1.29 is 14.3 Å². The fraction of sp³-hybridized carbons (Fsp3) is 0.667. The van der Waals surface area contributed by atoms with E-state index in [1.807, 2.05) is 6.92 Å². The van der Waals surface area contributed by atoms with E-state index >= 15 is 0 Å². The third-order valence-electron chi connectivity index (χ3n) is 4.72. The highest BCUT2D eigenvalue weighted by atomic mass is 32.1. The molecule has 132 valence electrons. The number of nitrogens with one attached hydrogen (secondary N) is 1. The first-order valence-electron chi connectivity index (χ1n) is 9.03. The Bertz CT molecular complexity index is 606. The van der Waals surface area contributed by atoms with Crippen molar-refractivity contribution in [2.75, 3.05) is 31.6 Å². The average molecular weight is 350 g/mol. The second kappa shape index (κ2) is 8.12. The molecule has 24 heavy (non-hydrogen) atoms. The van der Waals surface area contributed by atoms with Crippen LogP contribution in [-0.4, -0.2) is 43.0 Å². The summed E-state index contributed by atoms with van der Waals surface area (Å²) in [5.41, 5.74) is 1.70. The molecule has 5 nitrogen and oxygen atoms in total. The molecule has 1 saturated heterocycles. The zero-order valence-electron chi connectivity index (χ0n) is 14.4. The Kier molecular flexibility index (Phi) is 5.89. The molecule has 1 aromatic heterocycles. The number of hydrogen-bond acceptors (Lipinski definition) is 5. The highest BCUT2D eigenvalue weighted by molar-refractivity contribution is 7.17. The number of amides is 1. The van der Waals surface area contributed by atoms with Crippen LogP contribution in [0.5, 0.6) is 0 Å². The summed E-state index contributed by atoms with van der Waals surface area (Å²) >= 11 is 1.56. The standard InChI is InChI=1S/C18H26N2O3S/c1-2-23-18(22)16-13-8-4-5-9-14(13)24-17(16)19-15(21)12-20-10-6-3-7-11-20/h2-12H2,1H3,(H,19,21). The molecule has 0 saturated carbocycles. The molecule has 1 aliphatic heterocycles. The maximum atomic E-state index is 12.4. The molecule has 1 aromatic rings. The number of nitrogens with zero attached hydrogens (tertiary/aromatic N) is 1. The van der Waals surface area contributed by atoms with E-state index in [2.05, 4.69) is 10.2 Å². The van der Waals surface area contributed by atoms with Gasteiger partial charge in [-0.3, -0.25) is 9.69 Å². The molecule has 1 aliphatic carbocycles. The monoisotopic (exact) mass is 350 g/mol. The van der Waals surface area contributed by atoms with Crippen LogP contribution in [0.4, 0.5) is 5.00 Å². The van der Waals surface area contributed by atoms with Crippen molar-refractivity contribution in [1.29, 1.82) is 0 Å². The Morgan fingerprint density at radius 2 is 1.88 bits per heavy atom. The number of rotatable bonds is 5. The third kappa shape index (κ3) is 3.98. The Morgan fingerprint density at radius 3 is 2.62 bits per heavy atom. The van der Waals surface area contributed by atoms with E-state index in [0.717, 1.165) is 57.2 Å². The van der Waals surface area contributed by atoms with E-state index in [1.165, 1.54) is 11.3 Å². The van der Waals surface area contributed by atoms with Gasteiger partial charge in [0.05, 0.1) is 18.7 Å². The second-order valence-electron chi connectivity index (χ2n) is 6.52. The molecule has 0 unspecified atom stereocenters. The van der Waals surface area contributed by atoms with E-state index in [4.69, 9.17) is 4.74 Å². The lowest BCUT2D eigenvalue weighted by Crippen LogP contribution is -2.36. The first-order chi connectivity index (χ1) is 11.7. The van der Waals surface area contributed by atoms with Crippen molar-refractivity contribution in [2.24, 2.45) is 0 Å². The van der Waals surface area contributed by atoms with Crippen LogP contribution in [-0.2, 0) is 22.4 Å². The molecular formula is C18H26N2O3S. The molecule has 3 rings (SSSR count). The fourth-order valence-electron chi connectivity index (χ4n) is 3.56. The minimum Gasteiger partial charge on any atom is -0.462 e. The van der Waals surface area contributed by atoms with Crippen molar-refractivity contribution in [3.05, 3.63) is 16.0 Å². The summed E-state index contributed by atoms with van der Waals surface area (Å²) in [6.07, 6.45) is 7.72. The summed E-state index contributed by atoms with van der Waals surface area (Å²) in [6.45, 7) is 4.54. The Morgan fingerprint density at radius 1 is 1.12 bits per heavy atom. The minimum absolute atomic E-state index is 0.0268. The van der Waals surface area contributed by atoms with Gasteiger partial charge in [-0.1, -0.05) is 6.42 Å². The van der Waals surface area contributed by atoms with E-state index in [-0.39, 0.29) is 11.9 Å². The lowest BCUT2D eigenvalue weighted by Gasteiger charge is -2.25.